The minimum atomic E-state index is -0.932. The topological polar surface area (TPSA) is 12.4 Å². The monoisotopic (exact) mass is 303 g/mol. The number of terminal acetylenes is 1. The van der Waals surface area contributed by atoms with Crippen molar-refractivity contribution in [3.8, 4) is 12.3 Å². The Morgan fingerprint density at radius 1 is 1.36 bits per heavy atom. The van der Waals surface area contributed by atoms with Crippen LogP contribution in [0.25, 0.3) is 0 Å². The summed E-state index contributed by atoms with van der Waals surface area (Å²) in [4.78, 5) is 4.46. The molecule has 0 spiro atoms. The lowest BCUT2D eigenvalue weighted by molar-refractivity contribution is 0.407. The van der Waals surface area contributed by atoms with Gasteiger partial charge in [0.1, 0.15) is 6.17 Å². The Kier molecular flexibility index (Phi) is 11.1. The summed E-state index contributed by atoms with van der Waals surface area (Å²) >= 11 is 0. The lowest BCUT2D eigenvalue weighted by Gasteiger charge is -2.08. The van der Waals surface area contributed by atoms with Crippen LogP contribution in [-0.4, -0.2) is 18.4 Å². The SMILES string of the molecule is C#C/C=C(CCCC)\C(C)=C/C/C(C)=N/CC(=CC)C(C)F. The van der Waals surface area contributed by atoms with Gasteiger partial charge in [0.15, 0.2) is 0 Å². The molecule has 122 valence electrons. The highest BCUT2D eigenvalue weighted by atomic mass is 19.1. The lowest BCUT2D eigenvalue weighted by atomic mass is 10.00. The molecule has 1 atom stereocenters. The Bertz CT molecular complexity index is 484. The van der Waals surface area contributed by atoms with Crippen molar-refractivity contribution in [1.29, 1.82) is 0 Å². The fourth-order valence-corrected chi connectivity index (χ4v) is 2.02. The number of rotatable bonds is 9. The minimum absolute atomic E-state index is 0.440. The van der Waals surface area contributed by atoms with E-state index in [2.05, 4.69) is 30.8 Å². The summed E-state index contributed by atoms with van der Waals surface area (Å²) in [6.07, 6.45) is 14.4. The van der Waals surface area contributed by atoms with E-state index in [0.29, 0.717) is 6.54 Å². The summed E-state index contributed by atoms with van der Waals surface area (Å²) in [5.74, 6) is 2.62. The molecule has 0 aromatic carbocycles. The molecule has 22 heavy (non-hydrogen) atoms. The van der Waals surface area contributed by atoms with Gasteiger partial charge >= 0.3 is 0 Å². The average molecular weight is 303 g/mol. The number of alkyl halides is 1. The van der Waals surface area contributed by atoms with E-state index >= 15 is 0 Å². The number of hydrogen-bond acceptors (Lipinski definition) is 1. The van der Waals surface area contributed by atoms with E-state index in [1.807, 2.05) is 19.9 Å². The van der Waals surface area contributed by atoms with Gasteiger partial charge in [-0.1, -0.05) is 37.0 Å². The zero-order valence-electron chi connectivity index (χ0n) is 14.7. The third-order valence-electron chi connectivity index (χ3n) is 3.68. The average Bonchev–Trinajstić information content (AvgIpc) is 2.49. The number of hydrogen-bond donors (Lipinski definition) is 0. The molecule has 0 heterocycles. The fraction of sp³-hybridized carbons (Fsp3) is 0.550. The third kappa shape index (κ3) is 8.62. The van der Waals surface area contributed by atoms with E-state index in [0.717, 1.165) is 37.0 Å². The first-order chi connectivity index (χ1) is 10.5. The summed E-state index contributed by atoms with van der Waals surface area (Å²) in [5.41, 5.74) is 4.18. The van der Waals surface area contributed by atoms with Gasteiger partial charge in [0.25, 0.3) is 0 Å². The van der Waals surface area contributed by atoms with E-state index in [1.54, 1.807) is 13.0 Å². The Labute approximate surface area is 136 Å². The summed E-state index contributed by atoms with van der Waals surface area (Å²) in [6, 6.07) is 0. The highest BCUT2D eigenvalue weighted by Crippen LogP contribution is 2.17. The molecule has 0 aliphatic carbocycles. The van der Waals surface area contributed by atoms with Crippen LogP contribution in [0.2, 0.25) is 0 Å². The minimum Gasteiger partial charge on any atom is -0.290 e. The number of halogens is 1. The molecule has 2 heteroatoms. The van der Waals surface area contributed by atoms with Crippen LogP contribution in [-0.2, 0) is 0 Å². The zero-order chi connectivity index (χ0) is 17.0. The van der Waals surface area contributed by atoms with Crippen LogP contribution in [0, 0.1) is 12.3 Å². The number of allylic oxidation sites excluding steroid dienone is 5. The van der Waals surface area contributed by atoms with Crippen LogP contribution >= 0.6 is 0 Å². The van der Waals surface area contributed by atoms with Crippen LogP contribution in [0.5, 0.6) is 0 Å². The predicted molar refractivity (Wildman–Crippen MR) is 97.1 cm³/mol. The Balaban J connectivity index is 4.73. The van der Waals surface area contributed by atoms with E-state index < -0.39 is 6.17 Å². The molecule has 0 saturated carbocycles. The lowest BCUT2D eigenvalue weighted by Crippen LogP contribution is -2.04. The molecule has 0 radical (unpaired) electrons. The molecule has 0 saturated heterocycles. The molecular weight excluding hydrogens is 273 g/mol. The molecule has 0 aliphatic rings. The van der Waals surface area contributed by atoms with Gasteiger partial charge in [-0.2, -0.15) is 0 Å². The molecule has 0 aromatic rings. The van der Waals surface area contributed by atoms with Crippen molar-refractivity contribution >= 4 is 5.71 Å². The summed E-state index contributed by atoms with van der Waals surface area (Å²) < 4.78 is 13.3. The van der Waals surface area contributed by atoms with Gasteiger partial charge in [-0.25, -0.2) is 4.39 Å². The Morgan fingerprint density at radius 2 is 2.05 bits per heavy atom. The van der Waals surface area contributed by atoms with E-state index in [1.165, 1.54) is 11.1 Å². The van der Waals surface area contributed by atoms with Crippen molar-refractivity contribution in [3.05, 3.63) is 34.9 Å². The first kappa shape index (κ1) is 20.4. The van der Waals surface area contributed by atoms with Crippen LogP contribution in [0.1, 0.15) is 60.3 Å². The normalized spacial score (nSPS) is 15.7. The van der Waals surface area contributed by atoms with Gasteiger partial charge in [0, 0.05) is 12.1 Å². The molecule has 0 rings (SSSR count). The van der Waals surface area contributed by atoms with Crippen LogP contribution in [0.15, 0.2) is 39.9 Å². The van der Waals surface area contributed by atoms with Crippen LogP contribution < -0.4 is 0 Å². The van der Waals surface area contributed by atoms with E-state index in [-0.39, 0.29) is 0 Å². The Hall–Kier alpha value is -1.62. The van der Waals surface area contributed by atoms with E-state index in [4.69, 9.17) is 6.42 Å². The molecule has 1 unspecified atom stereocenters. The van der Waals surface area contributed by atoms with Gasteiger partial charge in [-0.3, -0.25) is 4.99 Å². The molecule has 1 nitrogen and oxygen atoms in total. The summed E-state index contributed by atoms with van der Waals surface area (Å²) in [5, 5.41) is 0. The second kappa shape index (κ2) is 12.0. The number of aliphatic imine (C=N–C) groups is 1. The molecular formula is C20H30FN. The summed E-state index contributed by atoms with van der Waals surface area (Å²) in [7, 11) is 0. The van der Waals surface area contributed by atoms with Crippen molar-refractivity contribution in [2.24, 2.45) is 4.99 Å². The standard InChI is InChI=1S/C20H30FN/c1-7-10-12-20(11-8-2)16(4)13-14-17(5)22-15-19(9-3)18(6)21/h2,9,11,13,18H,7,10,12,14-15H2,1,3-6H3/b16-13-,19-9?,20-11-,22-17+. The molecule has 0 fully saturated rings. The molecule has 0 amide bonds. The third-order valence-corrected chi connectivity index (χ3v) is 3.68. The highest BCUT2D eigenvalue weighted by molar-refractivity contribution is 5.83. The summed E-state index contributed by atoms with van der Waals surface area (Å²) in [6.45, 7) is 10.1. The molecule has 0 aliphatic heterocycles. The molecule has 0 aromatic heterocycles. The van der Waals surface area contributed by atoms with Crippen molar-refractivity contribution in [1.82, 2.24) is 0 Å². The second-order valence-electron chi connectivity index (χ2n) is 5.56. The van der Waals surface area contributed by atoms with Gasteiger partial charge < -0.3 is 0 Å². The first-order valence-corrected chi connectivity index (χ1v) is 8.07. The maximum atomic E-state index is 13.3. The highest BCUT2D eigenvalue weighted by Gasteiger charge is 2.04. The van der Waals surface area contributed by atoms with Crippen molar-refractivity contribution in [3.63, 3.8) is 0 Å². The van der Waals surface area contributed by atoms with Crippen molar-refractivity contribution in [2.75, 3.05) is 6.54 Å². The number of unbranched alkanes of at least 4 members (excludes halogenated alkanes) is 1. The smallest absolute Gasteiger partial charge is 0.120 e. The fourth-order valence-electron chi connectivity index (χ4n) is 2.02. The van der Waals surface area contributed by atoms with Crippen LogP contribution in [0.4, 0.5) is 4.39 Å². The van der Waals surface area contributed by atoms with Gasteiger partial charge in [0.2, 0.25) is 0 Å². The maximum Gasteiger partial charge on any atom is 0.120 e. The van der Waals surface area contributed by atoms with Crippen molar-refractivity contribution < 1.29 is 4.39 Å². The number of nitrogens with zero attached hydrogens (tertiary/aromatic N) is 1. The van der Waals surface area contributed by atoms with Crippen molar-refractivity contribution in [2.45, 2.75) is 66.5 Å². The second-order valence-corrected chi connectivity index (χ2v) is 5.56. The largest absolute Gasteiger partial charge is 0.290 e. The quantitative estimate of drug-likeness (QED) is 0.220. The predicted octanol–water partition coefficient (Wildman–Crippen LogP) is 5.84. The molecule has 0 bridgehead atoms. The first-order valence-electron chi connectivity index (χ1n) is 8.07. The van der Waals surface area contributed by atoms with E-state index in [9.17, 15) is 4.39 Å². The maximum absolute atomic E-state index is 13.3. The van der Waals surface area contributed by atoms with Crippen LogP contribution in [0.3, 0.4) is 0 Å². The zero-order valence-corrected chi connectivity index (χ0v) is 14.7. The van der Waals surface area contributed by atoms with Gasteiger partial charge in [0.05, 0.1) is 6.54 Å². The molecule has 0 N–H and O–H groups in total. The van der Waals surface area contributed by atoms with Gasteiger partial charge in [-0.05, 0) is 57.8 Å². The van der Waals surface area contributed by atoms with Gasteiger partial charge in [-0.15, -0.1) is 6.42 Å². The Morgan fingerprint density at radius 3 is 2.55 bits per heavy atom.